The monoisotopic (exact) mass is 110 g/mol. The average molecular weight is 110 g/mol. The first-order valence-corrected chi connectivity index (χ1v) is 0.908. The maximum Gasteiger partial charge on any atom is 0.0383 e. The van der Waals surface area contributed by atoms with E-state index in [9.17, 15) is 0 Å². The van der Waals surface area contributed by atoms with E-state index in [2.05, 4.69) is 0 Å². The topological polar surface area (TPSA) is 40.1 Å². The molecule has 0 fully saturated rings. The Labute approximate surface area is 42.1 Å². The molecule has 0 aliphatic heterocycles. The van der Waals surface area contributed by atoms with E-state index < -0.39 is 5.97 Å². The van der Waals surface area contributed by atoms with Crippen LogP contribution in [0.15, 0.2) is 0 Å². The normalized spacial score (nSPS) is 5.00. The predicted octanol–water partition coefficient (Wildman–Crippen LogP) is -1.25. The summed E-state index contributed by atoms with van der Waals surface area (Å²) in [7, 11) is 0. The number of carboxylic acids is 1. The molecular formula is C2H3O2V-. The molecule has 0 heterocycles. The van der Waals surface area contributed by atoms with Gasteiger partial charge in [0.05, 0.1) is 0 Å². The van der Waals surface area contributed by atoms with E-state index in [4.69, 9.17) is 9.90 Å². The summed E-state index contributed by atoms with van der Waals surface area (Å²) in [5, 5.41) is 8.89. The fraction of sp³-hybridized carbons (Fsp3) is 0.500. The van der Waals surface area contributed by atoms with Crippen molar-refractivity contribution in [3.63, 3.8) is 0 Å². The number of aliphatic carboxylic acids is 1. The fourth-order valence-electron chi connectivity index (χ4n) is 0. The van der Waals surface area contributed by atoms with Crippen LogP contribution in [0.3, 0.4) is 0 Å². The molecule has 0 saturated heterocycles. The second-order valence-corrected chi connectivity index (χ2v) is 0.492. The van der Waals surface area contributed by atoms with Gasteiger partial charge in [-0.15, -0.1) is 0 Å². The van der Waals surface area contributed by atoms with E-state index in [1.807, 2.05) is 0 Å². The van der Waals surface area contributed by atoms with Crippen LogP contribution >= 0.6 is 0 Å². The Hall–Kier alpha value is 0.0544. The van der Waals surface area contributed by atoms with Crippen LogP contribution in [0.25, 0.3) is 0 Å². The van der Waals surface area contributed by atoms with E-state index in [0.29, 0.717) is 0 Å². The van der Waals surface area contributed by atoms with Crippen LogP contribution in [0.5, 0.6) is 0 Å². The Morgan fingerprint density at radius 1 is 1.80 bits per heavy atom. The Balaban J connectivity index is 0. The van der Waals surface area contributed by atoms with Crippen LogP contribution in [0.2, 0.25) is 0 Å². The summed E-state index contributed by atoms with van der Waals surface area (Å²) in [5.41, 5.74) is 0. The largest absolute Gasteiger partial charge is 0.550 e. The third-order valence-electron chi connectivity index (χ3n) is 0. The maximum absolute atomic E-state index is 8.89. The Morgan fingerprint density at radius 2 is 1.80 bits per heavy atom. The van der Waals surface area contributed by atoms with Crippen molar-refractivity contribution >= 4 is 5.97 Å². The molecular weight excluding hydrogens is 107 g/mol. The predicted molar refractivity (Wildman–Crippen MR) is 10.7 cm³/mol. The molecule has 0 unspecified atom stereocenters. The van der Waals surface area contributed by atoms with E-state index >= 15 is 0 Å². The van der Waals surface area contributed by atoms with Crippen molar-refractivity contribution in [3.8, 4) is 0 Å². The molecule has 0 N–H and O–H groups in total. The molecule has 0 aromatic heterocycles. The molecule has 0 rings (SSSR count). The van der Waals surface area contributed by atoms with Crippen molar-refractivity contribution in [2.75, 3.05) is 0 Å². The van der Waals surface area contributed by atoms with Crippen molar-refractivity contribution in [2.24, 2.45) is 0 Å². The maximum atomic E-state index is 8.89. The molecule has 0 spiro atoms. The minimum absolute atomic E-state index is 0. The molecule has 0 aromatic carbocycles. The van der Waals surface area contributed by atoms with Gasteiger partial charge in [0.2, 0.25) is 0 Å². The summed E-state index contributed by atoms with van der Waals surface area (Å²) >= 11 is 0. The number of hydrogen-bond acceptors (Lipinski definition) is 2. The quantitative estimate of drug-likeness (QED) is 0.391. The molecule has 0 saturated carbocycles. The van der Waals surface area contributed by atoms with Crippen LogP contribution in [0.4, 0.5) is 0 Å². The third-order valence-corrected chi connectivity index (χ3v) is 0. The van der Waals surface area contributed by atoms with Crippen molar-refractivity contribution in [1.82, 2.24) is 0 Å². The summed E-state index contributed by atoms with van der Waals surface area (Å²) in [4.78, 5) is 8.89. The molecule has 1 radical (unpaired) electrons. The van der Waals surface area contributed by atoms with Gasteiger partial charge in [-0.2, -0.15) is 0 Å². The average Bonchev–Trinajstić information content (AvgIpc) is 0.811. The van der Waals surface area contributed by atoms with Crippen LogP contribution in [-0.4, -0.2) is 5.97 Å². The van der Waals surface area contributed by atoms with Crippen LogP contribution in [0.1, 0.15) is 6.92 Å². The van der Waals surface area contributed by atoms with Gasteiger partial charge >= 0.3 is 0 Å². The van der Waals surface area contributed by atoms with E-state index in [1.54, 1.807) is 0 Å². The van der Waals surface area contributed by atoms with Crippen molar-refractivity contribution in [2.45, 2.75) is 6.92 Å². The zero-order valence-corrected chi connectivity index (χ0v) is 4.16. The van der Waals surface area contributed by atoms with Gasteiger partial charge in [-0.1, -0.05) is 0 Å². The molecule has 0 amide bonds. The first kappa shape index (κ1) is 8.91. The van der Waals surface area contributed by atoms with Crippen LogP contribution in [0, 0.1) is 0 Å². The van der Waals surface area contributed by atoms with E-state index in [-0.39, 0.29) is 18.6 Å². The van der Waals surface area contributed by atoms with Gasteiger partial charge in [-0.05, 0) is 6.92 Å². The number of hydrogen-bond donors (Lipinski definition) is 0. The SMILES string of the molecule is CC(=O)[O-].[V]. The fourth-order valence-corrected chi connectivity index (χ4v) is 0. The molecule has 0 aliphatic rings. The van der Waals surface area contributed by atoms with Gasteiger partial charge in [-0.25, -0.2) is 0 Å². The third kappa shape index (κ3) is 5780. The molecule has 0 bridgehead atoms. The molecule has 0 aromatic rings. The van der Waals surface area contributed by atoms with Crippen LogP contribution < -0.4 is 5.11 Å². The number of carboxylic acid groups (broad SMARTS) is 1. The zero-order chi connectivity index (χ0) is 3.58. The van der Waals surface area contributed by atoms with Gasteiger partial charge in [0.1, 0.15) is 0 Å². The Bertz CT molecular complexity index is 30.6. The summed E-state index contributed by atoms with van der Waals surface area (Å²) in [6.45, 7) is 0.972. The summed E-state index contributed by atoms with van der Waals surface area (Å²) < 4.78 is 0. The van der Waals surface area contributed by atoms with Gasteiger partial charge in [0.15, 0.2) is 0 Å². The standard InChI is InChI=1S/C2H4O2.V/c1-2(3)4;/h1H3,(H,3,4);/p-1. The van der Waals surface area contributed by atoms with Gasteiger partial charge in [0.25, 0.3) is 0 Å². The molecule has 0 atom stereocenters. The Morgan fingerprint density at radius 3 is 1.80 bits per heavy atom. The second kappa shape index (κ2) is 4.05. The molecule has 5 heavy (non-hydrogen) atoms. The van der Waals surface area contributed by atoms with Crippen molar-refractivity contribution in [3.05, 3.63) is 0 Å². The molecule has 2 nitrogen and oxygen atoms in total. The second-order valence-electron chi connectivity index (χ2n) is 0.492. The number of carbonyl (C=O) groups is 1. The summed E-state index contributed by atoms with van der Waals surface area (Å²) in [6.07, 6.45) is 0. The van der Waals surface area contributed by atoms with Gasteiger partial charge in [0, 0.05) is 24.5 Å². The summed E-state index contributed by atoms with van der Waals surface area (Å²) in [6, 6.07) is 0. The van der Waals surface area contributed by atoms with Gasteiger partial charge < -0.3 is 9.90 Å². The minimum Gasteiger partial charge on any atom is -0.550 e. The van der Waals surface area contributed by atoms with Gasteiger partial charge in [-0.3, -0.25) is 0 Å². The Kier molecular flexibility index (Phi) is 7.22. The van der Waals surface area contributed by atoms with Crippen molar-refractivity contribution in [1.29, 1.82) is 0 Å². The zero-order valence-electron chi connectivity index (χ0n) is 2.76. The number of carbonyl (C=O) groups excluding carboxylic acids is 1. The molecule has 0 aliphatic carbocycles. The smallest absolute Gasteiger partial charge is 0.0383 e. The van der Waals surface area contributed by atoms with Crippen molar-refractivity contribution < 1.29 is 28.5 Å². The molecule has 29 valence electrons. The first-order chi connectivity index (χ1) is 1.73. The summed E-state index contributed by atoms with van der Waals surface area (Å²) in [5.74, 6) is -1.08. The minimum atomic E-state index is -1.08. The number of rotatable bonds is 0. The van der Waals surface area contributed by atoms with Crippen LogP contribution in [-0.2, 0) is 23.4 Å². The van der Waals surface area contributed by atoms with E-state index in [1.165, 1.54) is 0 Å². The molecule has 3 heteroatoms. The van der Waals surface area contributed by atoms with E-state index in [0.717, 1.165) is 6.92 Å². The first-order valence-electron chi connectivity index (χ1n) is 0.908.